The minimum absolute atomic E-state index is 0.0306. The Labute approximate surface area is 134 Å². The van der Waals surface area contributed by atoms with Crippen molar-refractivity contribution < 1.29 is 9.53 Å². The number of ether oxygens (including phenoxy) is 1. The van der Waals surface area contributed by atoms with Crippen LogP contribution in [0.3, 0.4) is 0 Å². The molecular formula is C18H17NO2S. The molecule has 1 aliphatic heterocycles. The largest absolute Gasteiger partial charge is 0.490 e. The molecule has 1 amide bonds. The Morgan fingerprint density at radius 1 is 1.23 bits per heavy atom. The molecule has 0 N–H and O–H groups in total. The van der Waals surface area contributed by atoms with Gasteiger partial charge in [-0.2, -0.15) is 0 Å². The number of hydrogen-bond donors (Lipinski definition) is 0. The van der Waals surface area contributed by atoms with Crippen molar-refractivity contribution >= 4 is 23.4 Å². The van der Waals surface area contributed by atoms with Gasteiger partial charge in [0.2, 0.25) is 0 Å². The lowest BCUT2D eigenvalue weighted by Gasteiger charge is -2.29. The molecule has 0 fully saturated rings. The van der Waals surface area contributed by atoms with Gasteiger partial charge < -0.3 is 9.64 Å². The van der Waals surface area contributed by atoms with Crippen molar-refractivity contribution in [3.8, 4) is 5.75 Å². The highest BCUT2D eigenvalue weighted by Crippen LogP contribution is 2.35. The van der Waals surface area contributed by atoms with E-state index in [9.17, 15) is 4.79 Å². The van der Waals surface area contributed by atoms with E-state index in [0.717, 1.165) is 28.6 Å². The summed E-state index contributed by atoms with van der Waals surface area (Å²) in [5.41, 5.74) is 1.67. The highest BCUT2D eigenvalue weighted by atomic mass is 32.2. The van der Waals surface area contributed by atoms with Gasteiger partial charge in [0.15, 0.2) is 0 Å². The molecule has 2 aromatic rings. The van der Waals surface area contributed by atoms with E-state index in [-0.39, 0.29) is 5.91 Å². The number of anilines is 1. The lowest BCUT2D eigenvalue weighted by Crippen LogP contribution is -2.35. The SMILES string of the molecule is C=CCOc1ccc(C(=O)N2CCSc3ccccc32)cc1. The van der Waals surface area contributed by atoms with Crippen LogP contribution in [0, 0.1) is 0 Å². The van der Waals surface area contributed by atoms with Gasteiger partial charge >= 0.3 is 0 Å². The predicted molar refractivity (Wildman–Crippen MR) is 91.0 cm³/mol. The Balaban J connectivity index is 1.81. The number of rotatable bonds is 4. The third-order valence-electron chi connectivity index (χ3n) is 3.44. The molecule has 0 spiro atoms. The molecule has 2 aromatic carbocycles. The minimum Gasteiger partial charge on any atom is -0.490 e. The molecule has 3 nitrogen and oxygen atoms in total. The van der Waals surface area contributed by atoms with Crippen molar-refractivity contribution in [2.45, 2.75) is 4.90 Å². The number of para-hydroxylation sites is 1. The first-order chi connectivity index (χ1) is 10.8. The van der Waals surface area contributed by atoms with Crippen molar-refractivity contribution in [2.75, 3.05) is 23.8 Å². The van der Waals surface area contributed by atoms with Crippen LogP contribution in [0.5, 0.6) is 5.75 Å². The number of fused-ring (bicyclic) bond motifs is 1. The quantitative estimate of drug-likeness (QED) is 0.799. The summed E-state index contributed by atoms with van der Waals surface area (Å²) < 4.78 is 5.45. The van der Waals surface area contributed by atoms with Crippen molar-refractivity contribution in [2.24, 2.45) is 0 Å². The third kappa shape index (κ3) is 3.02. The van der Waals surface area contributed by atoms with E-state index in [1.807, 2.05) is 47.4 Å². The first kappa shape index (κ1) is 14.7. The van der Waals surface area contributed by atoms with E-state index in [4.69, 9.17) is 4.74 Å². The zero-order valence-corrected chi connectivity index (χ0v) is 13.0. The van der Waals surface area contributed by atoms with Gasteiger partial charge in [0, 0.05) is 22.8 Å². The fourth-order valence-electron chi connectivity index (χ4n) is 2.39. The number of benzene rings is 2. The van der Waals surface area contributed by atoms with E-state index in [1.54, 1.807) is 17.8 Å². The summed E-state index contributed by atoms with van der Waals surface area (Å²) in [5, 5.41) is 0. The van der Waals surface area contributed by atoms with Gasteiger partial charge in [-0.1, -0.05) is 24.8 Å². The lowest BCUT2D eigenvalue weighted by molar-refractivity contribution is 0.0987. The zero-order chi connectivity index (χ0) is 15.4. The molecule has 3 rings (SSSR count). The highest BCUT2D eigenvalue weighted by molar-refractivity contribution is 7.99. The van der Waals surface area contributed by atoms with Crippen LogP contribution in [0.2, 0.25) is 0 Å². The monoisotopic (exact) mass is 311 g/mol. The van der Waals surface area contributed by atoms with Crippen molar-refractivity contribution in [3.63, 3.8) is 0 Å². The zero-order valence-electron chi connectivity index (χ0n) is 12.2. The first-order valence-electron chi connectivity index (χ1n) is 7.17. The van der Waals surface area contributed by atoms with E-state index in [2.05, 4.69) is 12.6 Å². The van der Waals surface area contributed by atoms with Crippen LogP contribution in [-0.2, 0) is 0 Å². The minimum atomic E-state index is 0.0306. The standard InChI is InChI=1S/C18H17NO2S/c1-2-12-21-15-9-7-14(8-10-15)18(20)19-11-13-22-17-6-4-3-5-16(17)19/h2-10H,1,11-13H2. The summed E-state index contributed by atoms with van der Waals surface area (Å²) in [5.74, 6) is 1.69. The normalized spacial score (nSPS) is 13.4. The first-order valence-corrected chi connectivity index (χ1v) is 8.15. The van der Waals surface area contributed by atoms with E-state index >= 15 is 0 Å². The summed E-state index contributed by atoms with van der Waals surface area (Å²) >= 11 is 1.79. The fourth-order valence-corrected chi connectivity index (χ4v) is 3.38. The summed E-state index contributed by atoms with van der Waals surface area (Å²) in [6.07, 6.45) is 1.70. The topological polar surface area (TPSA) is 29.5 Å². The number of carbonyl (C=O) groups is 1. The Morgan fingerprint density at radius 3 is 2.77 bits per heavy atom. The molecule has 0 aliphatic carbocycles. The summed E-state index contributed by atoms with van der Waals surface area (Å²) in [7, 11) is 0. The Hall–Kier alpha value is -2.20. The van der Waals surface area contributed by atoms with Crippen LogP contribution in [0.15, 0.2) is 66.1 Å². The van der Waals surface area contributed by atoms with Gasteiger partial charge in [0.25, 0.3) is 5.91 Å². The number of hydrogen-bond acceptors (Lipinski definition) is 3. The molecule has 112 valence electrons. The lowest BCUT2D eigenvalue weighted by atomic mass is 10.1. The van der Waals surface area contributed by atoms with Crippen molar-refractivity contribution in [1.82, 2.24) is 0 Å². The molecule has 0 bridgehead atoms. The number of thioether (sulfide) groups is 1. The van der Waals surface area contributed by atoms with E-state index in [0.29, 0.717) is 12.2 Å². The summed E-state index contributed by atoms with van der Waals surface area (Å²) in [6.45, 7) is 4.81. The Morgan fingerprint density at radius 2 is 2.00 bits per heavy atom. The molecule has 0 saturated heterocycles. The number of nitrogens with zero attached hydrogens (tertiary/aromatic N) is 1. The van der Waals surface area contributed by atoms with Crippen molar-refractivity contribution in [3.05, 3.63) is 66.7 Å². The maximum Gasteiger partial charge on any atom is 0.258 e. The molecule has 0 saturated carbocycles. The van der Waals surface area contributed by atoms with Gasteiger partial charge in [-0.25, -0.2) is 0 Å². The molecule has 1 heterocycles. The van der Waals surface area contributed by atoms with Gasteiger partial charge in [-0.3, -0.25) is 4.79 Å². The highest BCUT2D eigenvalue weighted by Gasteiger charge is 2.23. The molecule has 1 aliphatic rings. The molecule has 4 heteroatoms. The van der Waals surface area contributed by atoms with Gasteiger partial charge in [-0.15, -0.1) is 11.8 Å². The summed E-state index contributed by atoms with van der Waals surface area (Å²) in [6, 6.07) is 15.3. The average Bonchev–Trinajstić information content (AvgIpc) is 2.59. The second-order valence-electron chi connectivity index (χ2n) is 4.90. The van der Waals surface area contributed by atoms with Gasteiger partial charge in [0.05, 0.1) is 5.69 Å². The van der Waals surface area contributed by atoms with Crippen LogP contribution in [-0.4, -0.2) is 24.8 Å². The van der Waals surface area contributed by atoms with E-state index in [1.165, 1.54) is 0 Å². The number of amides is 1. The van der Waals surface area contributed by atoms with Crippen LogP contribution in [0.1, 0.15) is 10.4 Å². The second-order valence-corrected chi connectivity index (χ2v) is 6.03. The number of carbonyl (C=O) groups excluding carboxylic acids is 1. The van der Waals surface area contributed by atoms with Crippen molar-refractivity contribution in [1.29, 1.82) is 0 Å². The second kappa shape index (κ2) is 6.71. The van der Waals surface area contributed by atoms with Crippen LogP contribution >= 0.6 is 11.8 Å². The maximum atomic E-state index is 12.7. The maximum absolute atomic E-state index is 12.7. The molecule has 0 unspecified atom stereocenters. The predicted octanol–water partition coefficient (Wildman–Crippen LogP) is 4.00. The molecule has 0 radical (unpaired) electrons. The van der Waals surface area contributed by atoms with Crippen LogP contribution in [0.4, 0.5) is 5.69 Å². The van der Waals surface area contributed by atoms with E-state index < -0.39 is 0 Å². The van der Waals surface area contributed by atoms with Crippen LogP contribution < -0.4 is 9.64 Å². The molecule has 0 aromatic heterocycles. The smallest absolute Gasteiger partial charge is 0.258 e. The summed E-state index contributed by atoms with van der Waals surface area (Å²) in [4.78, 5) is 15.8. The average molecular weight is 311 g/mol. The Bertz CT molecular complexity index is 682. The molecular weight excluding hydrogens is 294 g/mol. The molecule has 0 atom stereocenters. The third-order valence-corrected chi connectivity index (χ3v) is 4.49. The van der Waals surface area contributed by atoms with Gasteiger partial charge in [0.1, 0.15) is 12.4 Å². The van der Waals surface area contributed by atoms with Crippen LogP contribution in [0.25, 0.3) is 0 Å². The van der Waals surface area contributed by atoms with Gasteiger partial charge in [-0.05, 0) is 36.4 Å². The Kier molecular flexibility index (Phi) is 4.49. The molecule has 22 heavy (non-hydrogen) atoms. The fraction of sp³-hybridized carbons (Fsp3) is 0.167.